The minimum absolute atomic E-state index is 0.0834. The second-order valence-electron chi connectivity index (χ2n) is 4.50. The first-order valence-corrected chi connectivity index (χ1v) is 9.12. The number of aromatic nitrogens is 2. The molecule has 112 valence electrons. The molecule has 0 N–H and O–H groups in total. The summed E-state index contributed by atoms with van der Waals surface area (Å²) in [6.07, 6.45) is 3.21. The van der Waals surface area contributed by atoms with Crippen LogP contribution in [0.2, 0.25) is 0 Å². The van der Waals surface area contributed by atoms with E-state index in [2.05, 4.69) is 4.98 Å². The number of sulfone groups is 1. The highest BCUT2D eigenvalue weighted by molar-refractivity contribution is 7.99. The van der Waals surface area contributed by atoms with Gasteiger partial charge in [0.2, 0.25) is 9.84 Å². The number of fused-ring (bicyclic) bond motifs is 1. The third kappa shape index (κ3) is 2.32. The Morgan fingerprint density at radius 3 is 2.41 bits per heavy atom. The van der Waals surface area contributed by atoms with Crippen LogP contribution in [0, 0.1) is 0 Å². The fourth-order valence-electron chi connectivity index (χ4n) is 2.14. The lowest BCUT2D eigenvalue weighted by molar-refractivity contribution is 0.590. The number of thioether (sulfide) groups is 1. The van der Waals surface area contributed by atoms with Crippen molar-refractivity contribution in [2.24, 2.45) is 0 Å². The van der Waals surface area contributed by atoms with Crippen molar-refractivity contribution in [1.82, 2.24) is 9.38 Å². The van der Waals surface area contributed by atoms with E-state index in [1.807, 2.05) is 0 Å². The van der Waals surface area contributed by atoms with E-state index in [1.54, 1.807) is 42.7 Å². The predicted molar refractivity (Wildman–Crippen MR) is 85.1 cm³/mol. The van der Waals surface area contributed by atoms with Crippen LogP contribution in [0.15, 0.2) is 74.3 Å². The summed E-state index contributed by atoms with van der Waals surface area (Å²) in [4.78, 5) is 16.8. The molecule has 0 amide bonds. The van der Waals surface area contributed by atoms with Crippen LogP contribution >= 0.6 is 11.8 Å². The van der Waals surface area contributed by atoms with Gasteiger partial charge in [0.15, 0.2) is 4.90 Å². The highest BCUT2D eigenvalue weighted by Crippen LogP contribution is 2.25. The number of benzene rings is 1. The second-order valence-corrected chi connectivity index (χ2v) is 7.18. The van der Waals surface area contributed by atoms with Gasteiger partial charge in [0, 0.05) is 6.20 Å². The zero-order chi connectivity index (χ0) is 15.7. The fraction of sp³-hybridized carbons (Fsp3) is 0.0667. The molecule has 0 unspecified atom stereocenters. The Kier molecular flexibility index (Phi) is 3.76. The molecule has 1 aromatic carbocycles. The van der Waals surface area contributed by atoms with Crippen molar-refractivity contribution in [3.63, 3.8) is 0 Å². The van der Waals surface area contributed by atoms with E-state index in [9.17, 15) is 13.2 Å². The molecule has 0 spiro atoms. The first-order valence-electron chi connectivity index (χ1n) is 6.41. The van der Waals surface area contributed by atoms with Gasteiger partial charge in [-0.1, -0.05) is 24.3 Å². The van der Waals surface area contributed by atoms with Crippen molar-refractivity contribution in [3.05, 3.63) is 65.1 Å². The quantitative estimate of drug-likeness (QED) is 0.543. The largest absolute Gasteiger partial charge is 0.278 e. The van der Waals surface area contributed by atoms with E-state index in [0.717, 1.165) is 11.8 Å². The average Bonchev–Trinajstić information content (AvgIpc) is 2.55. The highest BCUT2D eigenvalue weighted by Gasteiger charge is 2.27. The SMILES string of the molecule is CSc1nc2ccccn2c(=O)c1S(=O)(=O)c1ccccc1. The molecule has 0 bridgehead atoms. The summed E-state index contributed by atoms with van der Waals surface area (Å²) in [5.41, 5.74) is -0.164. The van der Waals surface area contributed by atoms with Gasteiger partial charge in [-0.3, -0.25) is 9.20 Å². The van der Waals surface area contributed by atoms with Crippen LogP contribution in [-0.4, -0.2) is 24.1 Å². The van der Waals surface area contributed by atoms with Crippen LogP contribution in [-0.2, 0) is 9.84 Å². The average molecular weight is 332 g/mol. The molecule has 0 atom stereocenters. The Bertz CT molecular complexity index is 996. The zero-order valence-electron chi connectivity index (χ0n) is 11.6. The number of pyridine rings is 1. The van der Waals surface area contributed by atoms with Crippen LogP contribution in [0.25, 0.3) is 5.65 Å². The van der Waals surface area contributed by atoms with Crippen LogP contribution in [0.3, 0.4) is 0 Å². The molecule has 0 fully saturated rings. The van der Waals surface area contributed by atoms with E-state index in [4.69, 9.17) is 0 Å². The number of hydrogen-bond donors (Lipinski definition) is 0. The molecular weight excluding hydrogens is 320 g/mol. The summed E-state index contributed by atoms with van der Waals surface area (Å²) in [6, 6.07) is 13.0. The normalized spacial score (nSPS) is 11.7. The minimum atomic E-state index is -3.92. The molecule has 0 saturated carbocycles. The number of rotatable bonds is 3. The lowest BCUT2D eigenvalue weighted by Crippen LogP contribution is -2.24. The first-order chi connectivity index (χ1) is 10.6. The van der Waals surface area contributed by atoms with Crippen molar-refractivity contribution >= 4 is 27.2 Å². The first kappa shape index (κ1) is 14.8. The van der Waals surface area contributed by atoms with Gasteiger partial charge in [-0.05, 0) is 30.5 Å². The third-order valence-electron chi connectivity index (χ3n) is 3.18. The lowest BCUT2D eigenvalue weighted by atomic mass is 10.4. The Hall–Kier alpha value is -2.12. The van der Waals surface area contributed by atoms with Crippen LogP contribution in [0.4, 0.5) is 0 Å². The molecule has 0 aliphatic carbocycles. The van der Waals surface area contributed by atoms with Crippen molar-refractivity contribution < 1.29 is 8.42 Å². The molecule has 3 aromatic rings. The van der Waals surface area contributed by atoms with Crippen molar-refractivity contribution in [3.8, 4) is 0 Å². The molecule has 2 aromatic heterocycles. The van der Waals surface area contributed by atoms with Gasteiger partial charge in [-0.25, -0.2) is 13.4 Å². The van der Waals surface area contributed by atoms with Crippen LogP contribution < -0.4 is 5.56 Å². The van der Waals surface area contributed by atoms with Gasteiger partial charge >= 0.3 is 0 Å². The molecule has 2 heterocycles. The predicted octanol–water partition coefficient (Wildman–Crippen LogP) is 2.25. The topological polar surface area (TPSA) is 68.5 Å². The summed E-state index contributed by atoms with van der Waals surface area (Å²) in [7, 11) is -3.92. The lowest BCUT2D eigenvalue weighted by Gasteiger charge is -2.09. The summed E-state index contributed by atoms with van der Waals surface area (Å²) < 4.78 is 26.9. The molecule has 0 aliphatic heterocycles. The Morgan fingerprint density at radius 2 is 1.73 bits per heavy atom. The van der Waals surface area contributed by atoms with Gasteiger partial charge in [-0.2, -0.15) is 0 Å². The monoisotopic (exact) mass is 332 g/mol. The van der Waals surface area contributed by atoms with E-state index in [1.165, 1.54) is 22.7 Å². The Morgan fingerprint density at radius 1 is 1.05 bits per heavy atom. The van der Waals surface area contributed by atoms with E-state index < -0.39 is 15.4 Å². The fourth-order valence-corrected chi connectivity index (χ4v) is 4.53. The summed E-state index contributed by atoms with van der Waals surface area (Å²) in [6.45, 7) is 0. The molecule has 0 aliphatic rings. The van der Waals surface area contributed by atoms with E-state index >= 15 is 0 Å². The van der Waals surface area contributed by atoms with E-state index in [0.29, 0.717) is 5.65 Å². The van der Waals surface area contributed by atoms with Gasteiger partial charge in [0.05, 0.1) is 4.90 Å². The third-order valence-corrected chi connectivity index (χ3v) is 5.79. The van der Waals surface area contributed by atoms with Gasteiger partial charge in [0.1, 0.15) is 10.7 Å². The van der Waals surface area contributed by atoms with Gasteiger partial charge in [-0.15, -0.1) is 11.8 Å². The van der Waals surface area contributed by atoms with Crippen molar-refractivity contribution in [1.29, 1.82) is 0 Å². The molecule has 22 heavy (non-hydrogen) atoms. The number of hydrogen-bond acceptors (Lipinski definition) is 5. The Balaban J connectivity index is 2.40. The summed E-state index contributed by atoms with van der Waals surface area (Å²) >= 11 is 1.14. The minimum Gasteiger partial charge on any atom is -0.267 e. The molecule has 5 nitrogen and oxygen atoms in total. The smallest absolute Gasteiger partial charge is 0.267 e. The second kappa shape index (κ2) is 5.58. The number of nitrogens with zero attached hydrogens (tertiary/aromatic N) is 2. The Labute approximate surface area is 131 Å². The maximum Gasteiger partial charge on any atom is 0.278 e. The molecule has 3 rings (SSSR count). The standard InChI is InChI=1S/C15H12N2O3S2/c1-21-14-13(22(19,20)11-7-3-2-4-8-11)15(18)17-10-6-5-9-12(17)16-14/h2-10H,1H3. The highest BCUT2D eigenvalue weighted by atomic mass is 32.2. The maximum atomic E-state index is 12.8. The molecule has 7 heteroatoms. The van der Waals surface area contributed by atoms with Crippen molar-refractivity contribution in [2.45, 2.75) is 14.8 Å². The summed E-state index contributed by atoms with van der Waals surface area (Å²) in [5, 5.41) is 0.208. The van der Waals surface area contributed by atoms with Crippen molar-refractivity contribution in [2.75, 3.05) is 6.26 Å². The van der Waals surface area contributed by atoms with Gasteiger partial charge < -0.3 is 0 Å². The van der Waals surface area contributed by atoms with E-state index in [-0.39, 0.29) is 14.8 Å². The molecule has 0 radical (unpaired) electrons. The van der Waals surface area contributed by atoms with Crippen LogP contribution in [0.5, 0.6) is 0 Å². The maximum absolute atomic E-state index is 12.8. The summed E-state index contributed by atoms with van der Waals surface area (Å²) in [5.74, 6) is 0. The molecular formula is C15H12N2O3S2. The zero-order valence-corrected chi connectivity index (χ0v) is 13.3. The van der Waals surface area contributed by atoms with Gasteiger partial charge in [0.25, 0.3) is 5.56 Å². The molecule has 0 saturated heterocycles. The van der Waals surface area contributed by atoms with Crippen LogP contribution in [0.1, 0.15) is 0 Å².